The third-order valence-corrected chi connectivity index (χ3v) is 3.88. The summed E-state index contributed by atoms with van der Waals surface area (Å²) in [6, 6.07) is 7.68. The molecule has 0 saturated carbocycles. The summed E-state index contributed by atoms with van der Waals surface area (Å²) in [6.45, 7) is 6.49. The van der Waals surface area contributed by atoms with Gasteiger partial charge in [0.2, 0.25) is 5.91 Å². The van der Waals surface area contributed by atoms with Crippen molar-refractivity contribution in [1.29, 1.82) is 0 Å². The molecule has 1 heterocycles. The molecule has 0 aliphatic carbocycles. The van der Waals surface area contributed by atoms with Crippen molar-refractivity contribution < 1.29 is 9.53 Å². The predicted molar refractivity (Wildman–Crippen MR) is 90.1 cm³/mol. The Bertz CT molecular complexity index is 647. The number of aryl methyl sites for hydroxylation is 1. The second-order valence-corrected chi connectivity index (χ2v) is 5.92. The summed E-state index contributed by atoms with van der Waals surface area (Å²) in [5.41, 5.74) is 1.85. The van der Waals surface area contributed by atoms with Gasteiger partial charge < -0.3 is 10.1 Å². The van der Waals surface area contributed by atoms with Gasteiger partial charge in [0, 0.05) is 11.5 Å². The van der Waals surface area contributed by atoms with Crippen LogP contribution >= 0.6 is 11.3 Å². The summed E-state index contributed by atoms with van der Waals surface area (Å²) in [7, 11) is 0. The Hall–Kier alpha value is -2.14. The molecule has 116 valence electrons. The fourth-order valence-corrected chi connectivity index (χ4v) is 2.56. The number of hydrogen-bond acceptors (Lipinski definition) is 4. The maximum Gasteiger partial charge on any atom is 0.244 e. The van der Waals surface area contributed by atoms with E-state index in [1.165, 1.54) is 6.08 Å². The van der Waals surface area contributed by atoms with Crippen LogP contribution in [0.1, 0.15) is 36.2 Å². The highest BCUT2D eigenvalue weighted by Crippen LogP contribution is 2.17. The van der Waals surface area contributed by atoms with Crippen LogP contribution in [0.25, 0.3) is 6.08 Å². The molecular formula is C17H20N2O2S. The minimum Gasteiger partial charge on any atom is -0.494 e. The quantitative estimate of drug-likeness (QED) is 0.826. The third kappa shape index (κ3) is 4.70. The largest absolute Gasteiger partial charge is 0.494 e. The van der Waals surface area contributed by atoms with Gasteiger partial charge >= 0.3 is 0 Å². The van der Waals surface area contributed by atoms with Crippen LogP contribution in [0.2, 0.25) is 0 Å². The van der Waals surface area contributed by atoms with E-state index in [1.54, 1.807) is 17.4 Å². The summed E-state index contributed by atoms with van der Waals surface area (Å²) in [6.07, 6.45) is 3.24. The Morgan fingerprint density at radius 2 is 2.14 bits per heavy atom. The van der Waals surface area contributed by atoms with E-state index >= 15 is 0 Å². The molecule has 0 saturated heterocycles. The molecule has 0 aliphatic heterocycles. The molecule has 0 aliphatic rings. The van der Waals surface area contributed by atoms with Gasteiger partial charge in [-0.15, -0.1) is 11.3 Å². The van der Waals surface area contributed by atoms with Crippen molar-refractivity contribution in [3.8, 4) is 5.75 Å². The average molecular weight is 316 g/mol. The van der Waals surface area contributed by atoms with Crippen molar-refractivity contribution >= 4 is 23.3 Å². The topological polar surface area (TPSA) is 51.2 Å². The number of nitrogens with zero attached hydrogens (tertiary/aromatic N) is 1. The van der Waals surface area contributed by atoms with E-state index in [-0.39, 0.29) is 11.9 Å². The standard InChI is InChI=1S/C17H20N2O2S/c1-4-21-16-8-5-14(6-9-16)12(2)18-17(20)10-7-15-11-22-13(3)19-15/h5-12H,4H2,1-3H3,(H,18,20)/b10-7+. The number of aromatic nitrogens is 1. The minimum absolute atomic E-state index is 0.0648. The minimum atomic E-state index is -0.132. The summed E-state index contributed by atoms with van der Waals surface area (Å²) < 4.78 is 5.41. The molecular weight excluding hydrogens is 296 g/mol. The summed E-state index contributed by atoms with van der Waals surface area (Å²) in [4.78, 5) is 16.2. The zero-order chi connectivity index (χ0) is 15.9. The molecule has 1 atom stereocenters. The van der Waals surface area contributed by atoms with Crippen molar-refractivity contribution in [1.82, 2.24) is 10.3 Å². The number of hydrogen-bond donors (Lipinski definition) is 1. The van der Waals surface area contributed by atoms with Crippen molar-refractivity contribution in [3.63, 3.8) is 0 Å². The van der Waals surface area contributed by atoms with E-state index in [1.807, 2.05) is 50.4 Å². The smallest absolute Gasteiger partial charge is 0.244 e. The highest BCUT2D eigenvalue weighted by molar-refractivity contribution is 7.09. The molecule has 0 fully saturated rings. The van der Waals surface area contributed by atoms with Crippen LogP contribution in [-0.4, -0.2) is 17.5 Å². The monoisotopic (exact) mass is 316 g/mol. The Kier molecular flexibility index (Phi) is 5.72. The SMILES string of the molecule is CCOc1ccc(C(C)NC(=O)/C=C/c2csc(C)n2)cc1. The lowest BCUT2D eigenvalue weighted by Crippen LogP contribution is -2.24. The highest BCUT2D eigenvalue weighted by Gasteiger charge is 2.07. The normalized spacial score (nSPS) is 12.3. The van der Waals surface area contributed by atoms with Crippen molar-refractivity contribution in [2.24, 2.45) is 0 Å². The highest BCUT2D eigenvalue weighted by atomic mass is 32.1. The van der Waals surface area contributed by atoms with E-state index in [0.29, 0.717) is 6.61 Å². The fraction of sp³-hybridized carbons (Fsp3) is 0.294. The van der Waals surface area contributed by atoms with Crippen LogP contribution in [0.4, 0.5) is 0 Å². The zero-order valence-electron chi connectivity index (χ0n) is 13.0. The maximum atomic E-state index is 11.9. The van der Waals surface area contributed by atoms with Crippen molar-refractivity contribution in [3.05, 3.63) is 52.0 Å². The number of carbonyl (C=O) groups is 1. The first-order chi connectivity index (χ1) is 10.6. The molecule has 0 radical (unpaired) electrons. The first-order valence-electron chi connectivity index (χ1n) is 7.22. The van der Waals surface area contributed by atoms with Gasteiger partial charge in [0.15, 0.2) is 0 Å². The molecule has 2 aromatic rings. The molecule has 22 heavy (non-hydrogen) atoms. The second kappa shape index (κ2) is 7.75. The molecule has 1 aromatic heterocycles. The van der Waals surface area contributed by atoms with E-state index in [0.717, 1.165) is 22.0 Å². The van der Waals surface area contributed by atoms with Crippen LogP contribution in [-0.2, 0) is 4.79 Å². The third-order valence-electron chi connectivity index (χ3n) is 3.09. The summed E-state index contributed by atoms with van der Waals surface area (Å²) in [5.74, 6) is 0.704. The molecule has 0 bridgehead atoms. The number of benzene rings is 1. The summed E-state index contributed by atoms with van der Waals surface area (Å²) in [5, 5.41) is 5.85. The lowest BCUT2D eigenvalue weighted by atomic mass is 10.1. The van der Waals surface area contributed by atoms with Gasteiger partial charge in [-0.05, 0) is 44.5 Å². The maximum absolute atomic E-state index is 11.9. The van der Waals surface area contributed by atoms with Gasteiger partial charge in [-0.2, -0.15) is 0 Å². The molecule has 1 unspecified atom stereocenters. The first kappa shape index (κ1) is 16.2. The van der Waals surface area contributed by atoms with E-state index in [4.69, 9.17) is 4.74 Å². The number of amides is 1. The van der Waals surface area contributed by atoms with E-state index in [9.17, 15) is 4.79 Å². The van der Waals surface area contributed by atoms with Crippen LogP contribution in [0.15, 0.2) is 35.7 Å². The lowest BCUT2D eigenvalue weighted by molar-refractivity contribution is -0.117. The zero-order valence-corrected chi connectivity index (χ0v) is 13.8. The second-order valence-electron chi connectivity index (χ2n) is 4.86. The van der Waals surface area contributed by atoms with Crippen molar-refractivity contribution in [2.75, 3.05) is 6.61 Å². The van der Waals surface area contributed by atoms with Gasteiger partial charge in [0.1, 0.15) is 5.75 Å². The van der Waals surface area contributed by atoms with Gasteiger partial charge in [0.05, 0.1) is 23.4 Å². The Morgan fingerprint density at radius 1 is 1.41 bits per heavy atom. The van der Waals surface area contributed by atoms with Crippen LogP contribution in [0, 0.1) is 6.92 Å². The molecule has 5 heteroatoms. The van der Waals surface area contributed by atoms with Crippen molar-refractivity contribution in [2.45, 2.75) is 26.8 Å². The number of nitrogens with one attached hydrogen (secondary N) is 1. The van der Waals surface area contributed by atoms with Gasteiger partial charge in [-0.3, -0.25) is 4.79 Å². The Labute approximate surface area is 134 Å². The molecule has 2 rings (SSSR count). The number of ether oxygens (including phenoxy) is 1. The number of thiazole rings is 1. The fourth-order valence-electron chi connectivity index (χ4n) is 1.98. The van der Waals surface area contributed by atoms with Crippen LogP contribution < -0.4 is 10.1 Å². The molecule has 1 aromatic carbocycles. The molecule has 4 nitrogen and oxygen atoms in total. The molecule has 0 spiro atoms. The van der Waals surface area contributed by atoms with Gasteiger partial charge in [-0.25, -0.2) is 4.98 Å². The van der Waals surface area contributed by atoms with Gasteiger partial charge in [-0.1, -0.05) is 12.1 Å². The molecule has 1 amide bonds. The van der Waals surface area contributed by atoms with Crippen LogP contribution in [0.5, 0.6) is 5.75 Å². The molecule has 1 N–H and O–H groups in total. The predicted octanol–water partition coefficient (Wildman–Crippen LogP) is 3.74. The lowest BCUT2D eigenvalue weighted by Gasteiger charge is -2.13. The number of rotatable bonds is 6. The van der Waals surface area contributed by atoms with Gasteiger partial charge in [0.25, 0.3) is 0 Å². The average Bonchev–Trinajstić information content (AvgIpc) is 2.92. The van der Waals surface area contributed by atoms with Crippen LogP contribution in [0.3, 0.4) is 0 Å². The number of carbonyl (C=O) groups excluding carboxylic acids is 1. The Morgan fingerprint density at radius 3 is 2.73 bits per heavy atom. The summed E-state index contributed by atoms with van der Waals surface area (Å²) >= 11 is 1.57. The Balaban J connectivity index is 1.91. The van der Waals surface area contributed by atoms with E-state index < -0.39 is 0 Å². The van der Waals surface area contributed by atoms with E-state index in [2.05, 4.69) is 10.3 Å². The first-order valence-corrected chi connectivity index (χ1v) is 8.10.